The molecule has 1 rings (SSSR count). The first-order chi connectivity index (χ1) is 16.3. The van der Waals surface area contributed by atoms with Crippen molar-refractivity contribution in [1.82, 2.24) is 0 Å². The molecule has 0 radical (unpaired) electrons. The molecule has 0 saturated carbocycles. The minimum atomic E-state index is -3.09. The SMILES string of the molecule is CC(=N/[O-])/C(C)=N\O[B-](O/N=C(C)\C(C)=N/[O-])(O/N=C(C)\C(C)=N/[O-])c1ccc(C(C)(C)C)cc1.[99Tc+5].[Cl-]. The standard InChI is InChI=1S/C22H34BN6O6.ClH.Tc/c1-14(24-30)17(4)27-33-23(34-28-18(5)15(2)25-31,35-29-19(6)16(3)26-32)21-12-10-20(11-13-21)22(7,8)9;;/h10-13,30-32H,1-9H3;1H;/q-1;;+5/p-4/b24-14-,25-15-,26-16-,27-17-,28-18-,29-19-;;/i;;1+1. The first-order valence-corrected chi connectivity index (χ1v) is 10.8. The fourth-order valence-corrected chi connectivity index (χ4v) is 2.30. The molecule has 0 bridgehead atoms. The molecule has 12 nitrogen and oxygen atoms in total. The number of nitrogens with zero attached hydrogens (tertiary/aromatic N) is 6. The van der Waals surface area contributed by atoms with Gasteiger partial charge in [0.25, 0.3) is 0 Å². The summed E-state index contributed by atoms with van der Waals surface area (Å²) in [5.41, 5.74) is 1.89. The molecule has 0 amide bonds. The molecule has 0 N–H and O–H groups in total. The van der Waals surface area contributed by atoms with Gasteiger partial charge in [-0.1, -0.05) is 50.5 Å². The molecule has 0 aliphatic rings. The summed E-state index contributed by atoms with van der Waals surface area (Å²) in [5, 5.41) is 53.1. The van der Waals surface area contributed by atoms with Gasteiger partial charge in [0.15, 0.2) is 0 Å². The molecule has 0 aromatic heterocycles. The van der Waals surface area contributed by atoms with Gasteiger partial charge in [0, 0.05) is 0 Å². The van der Waals surface area contributed by atoms with Crippen molar-refractivity contribution in [3.63, 3.8) is 0 Å². The smallest absolute Gasteiger partial charge is 1.00 e. The Hall–Kier alpha value is -2.96. The second-order valence-electron chi connectivity index (χ2n) is 8.89. The summed E-state index contributed by atoms with van der Waals surface area (Å²) in [6.45, 7) is 12.0. The van der Waals surface area contributed by atoms with Gasteiger partial charge in [-0.3, -0.25) is 0 Å². The third-order valence-corrected chi connectivity index (χ3v) is 5.15. The molecule has 0 fully saturated rings. The molecule has 15 heteroatoms. The van der Waals surface area contributed by atoms with Gasteiger partial charge in [0.05, 0.1) is 34.3 Å². The van der Waals surface area contributed by atoms with Crippen molar-refractivity contribution >= 4 is 46.5 Å². The van der Waals surface area contributed by atoms with Crippen LogP contribution in [0.2, 0.25) is 0 Å². The maximum Gasteiger partial charge on any atom is 5.00 e. The monoisotopic (exact) mass is 620 g/mol. The molecule has 0 aliphatic carbocycles. The van der Waals surface area contributed by atoms with E-state index in [9.17, 15) is 15.6 Å². The minimum Gasteiger partial charge on any atom is -1.00 e. The number of hydrogen-bond acceptors (Lipinski definition) is 12. The number of rotatable bonds is 10. The van der Waals surface area contributed by atoms with Crippen LogP contribution in [0.15, 0.2) is 55.2 Å². The van der Waals surface area contributed by atoms with Crippen molar-refractivity contribution in [2.24, 2.45) is 30.9 Å². The number of oxime groups is 3. The van der Waals surface area contributed by atoms with E-state index in [1.54, 1.807) is 12.1 Å². The van der Waals surface area contributed by atoms with Crippen molar-refractivity contribution in [3.8, 4) is 0 Å². The summed E-state index contributed by atoms with van der Waals surface area (Å²) in [4.78, 5) is 0. The molecule has 202 valence electrons. The van der Waals surface area contributed by atoms with Crippen molar-refractivity contribution in [2.45, 2.75) is 67.7 Å². The molecule has 37 heavy (non-hydrogen) atoms. The molecule has 0 heterocycles. The first kappa shape index (κ1) is 36.2. The summed E-state index contributed by atoms with van der Waals surface area (Å²) in [6.07, 6.45) is 0. The number of halogens is 1. The van der Waals surface area contributed by atoms with E-state index >= 15 is 0 Å². The van der Waals surface area contributed by atoms with Crippen LogP contribution in [-0.4, -0.2) is 41.0 Å². The number of hydrogen-bond donors (Lipinski definition) is 0. The summed E-state index contributed by atoms with van der Waals surface area (Å²) < 4.78 is 17.1. The van der Waals surface area contributed by atoms with E-state index in [0.29, 0.717) is 5.46 Å². The average molecular weight is 621 g/mol. The van der Waals surface area contributed by atoms with E-state index in [4.69, 9.17) is 14.3 Å². The topological polar surface area (TPSA) is 171 Å². The van der Waals surface area contributed by atoms with Crippen molar-refractivity contribution in [3.05, 3.63) is 45.5 Å². The normalized spacial score (nSPS) is 14.4. The fourth-order valence-electron chi connectivity index (χ4n) is 2.30. The predicted molar refractivity (Wildman–Crippen MR) is 143 cm³/mol. The van der Waals surface area contributed by atoms with E-state index in [1.807, 2.05) is 12.1 Å². The van der Waals surface area contributed by atoms with Gasteiger partial charge in [-0.15, -0.1) is 15.5 Å². The average Bonchev–Trinajstić information content (AvgIpc) is 2.85. The van der Waals surface area contributed by atoms with Crippen LogP contribution in [0.4, 0.5) is 0 Å². The van der Waals surface area contributed by atoms with E-state index in [2.05, 4.69) is 51.7 Å². The van der Waals surface area contributed by atoms with Gasteiger partial charge < -0.3 is 57.8 Å². The Balaban J connectivity index is 0. The summed E-state index contributed by atoms with van der Waals surface area (Å²) in [5.74, 6) is 0. The van der Waals surface area contributed by atoms with E-state index in [1.165, 1.54) is 41.5 Å². The molecule has 0 spiro atoms. The van der Waals surface area contributed by atoms with Crippen LogP contribution in [0.1, 0.15) is 67.9 Å². The van der Waals surface area contributed by atoms with Crippen LogP contribution >= 0.6 is 0 Å². The van der Waals surface area contributed by atoms with Crippen LogP contribution in [0.25, 0.3) is 0 Å². The summed E-state index contributed by atoms with van der Waals surface area (Å²) in [7, 11) is 0. The quantitative estimate of drug-likeness (QED) is 0.216. The Bertz CT molecular complexity index is 980. The molecule has 1 aromatic carbocycles. The zero-order valence-corrected chi connectivity index (χ0v) is 24.9. The molecule has 0 saturated heterocycles. The van der Waals surface area contributed by atoms with Gasteiger partial charge in [-0.25, -0.2) is 0 Å². The van der Waals surface area contributed by atoms with Crippen molar-refractivity contribution < 1.29 is 46.8 Å². The van der Waals surface area contributed by atoms with Crippen LogP contribution in [0, 0.1) is 15.6 Å². The van der Waals surface area contributed by atoms with Gasteiger partial charge in [0.1, 0.15) is 0 Å². The van der Waals surface area contributed by atoms with Crippen LogP contribution < -0.4 is 17.9 Å². The second kappa shape index (κ2) is 16.0. The molecular formula is C22H31BClN6O6Tc. The van der Waals surface area contributed by atoms with Crippen LogP contribution in [0.5, 0.6) is 0 Å². The van der Waals surface area contributed by atoms with Gasteiger partial charge >= 0.3 is 26.9 Å². The van der Waals surface area contributed by atoms with E-state index < -0.39 is 6.75 Å². The second-order valence-corrected chi connectivity index (χ2v) is 8.89. The zero-order valence-electron chi connectivity index (χ0n) is 22.3. The Morgan fingerprint density at radius 2 is 0.919 bits per heavy atom. The van der Waals surface area contributed by atoms with Crippen LogP contribution in [0.3, 0.4) is 0 Å². The predicted octanol–water partition coefficient (Wildman–Crippen LogP) is 1.19. The molecular weight excluding hydrogens is 589 g/mol. The molecule has 1 aromatic rings. The first-order valence-electron chi connectivity index (χ1n) is 10.8. The van der Waals surface area contributed by atoms with Gasteiger partial charge in [-0.2, -0.15) is 0 Å². The Morgan fingerprint density at radius 1 is 0.622 bits per heavy atom. The molecule has 0 aliphatic heterocycles. The minimum absolute atomic E-state index is 0. The van der Waals surface area contributed by atoms with Crippen molar-refractivity contribution in [2.75, 3.05) is 0 Å². The Kier molecular flexibility index (Phi) is 15.7. The van der Waals surface area contributed by atoms with Gasteiger partial charge in [-0.05, 0) is 52.5 Å². The van der Waals surface area contributed by atoms with Crippen LogP contribution in [-0.2, 0) is 39.8 Å². The molecule has 0 atom stereocenters. The largest absolute Gasteiger partial charge is 5.00 e. The molecule has 0 unspecified atom stereocenters. The zero-order chi connectivity index (χ0) is 26.8. The van der Waals surface area contributed by atoms with E-state index in [-0.39, 0.29) is 72.2 Å². The van der Waals surface area contributed by atoms with Gasteiger partial charge in [0.2, 0.25) is 0 Å². The summed E-state index contributed by atoms with van der Waals surface area (Å²) >= 11 is 0. The third-order valence-electron chi connectivity index (χ3n) is 5.15. The third kappa shape index (κ3) is 10.5. The maximum absolute atomic E-state index is 10.9. The van der Waals surface area contributed by atoms with E-state index in [0.717, 1.165) is 5.56 Å². The Labute approximate surface area is 236 Å². The maximum atomic E-state index is 10.9. The Morgan fingerprint density at radius 3 is 1.16 bits per heavy atom. The van der Waals surface area contributed by atoms with Crippen molar-refractivity contribution in [1.29, 1.82) is 0 Å². The summed E-state index contributed by atoms with van der Waals surface area (Å²) in [6, 6.07) is 7.09. The fraction of sp³-hybridized carbons (Fsp3) is 0.455. The number of benzene rings is 1.